The highest BCUT2D eigenvalue weighted by Gasteiger charge is 1.85. The average Bonchev–Trinajstić information content (AvgIpc) is 2.09. The van der Waals surface area contributed by atoms with E-state index in [1.165, 1.54) is 5.56 Å². The molecule has 0 aliphatic carbocycles. The van der Waals surface area contributed by atoms with Crippen molar-refractivity contribution in [3.63, 3.8) is 0 Å². The zero-order valence-electron chi connectivity index (χ0n) is 7.45. The molecule has 0 aliphatic rings. The van der Waals surface area contributed by atoms with Gasteiger partial charge < -0.3 is 4.79 Å². The number of aromatic nitrogens is 1. The van der Waals surface area contributed by atoms with Crippen LogP contribution in [0.15, 0.2) is 24.4 Å². The van der Waals surface area contributed by atoms with Crippen molar-refractivity contribution in [2.24, 2.45) is 0 Å². The zero-order valence-corrected chi connectivity index (χ0v) is 7.45. The minimum Gasteiger partial charge on any atom is -0.307 e. The van der Waals surface area contributed by atoms with E-state index in [-0.39, 0.29) is 0 Å². The van der Waals surface area contributed by atoms with Crippen LogP contribution >= 0.6 is 0 Å². The van der Waals surface area contributed by atoms with Crippen LogP contribution in [0.1, 0.15) is 18.2 Å². The van der Waals surface area contributed by atoms with E-state index in [9.17, 15) is 0 Å². The molecule has 0 saturated heterocycles. The predicted molar refractivity (Wildman–Crippen MR) is 50.8 cm³/mol. The number of rotatable bonds is 1. The number of hydrogen-bond acceptors (Lipinski definition) is 2. The fourth-order valence-electron chi connectivity index (χ4n) is 0.864. The molecule has 0 aromatic carbocycles. The standard InChI is InChI=1S/C9H11N.CH2O/c1-3-4-9-5-6-10-8(2)7-9;1-2/h3-7H,1-2H3;1H2/b4-3+;. The highest BCUT2D eigenvalue weighted by Crippen LogP contribution is 2.01. The van der Waals surface area contributed by atoms with E-state index in [1.54, 1.807) is 0 Å². The molecular weight excluding hydrogens is 150 g/mol. The number of hydrogen-bond donors (Lipinski definition) is 0. The van der Waals surface area contributed by atoms with Crippen molar-refractivity contribution in [2.75, 3.05) is 0 Å². The summed E-state index contributed by atoms with van der Waals surface area (Å²) in [4.78, 5) is 12.1. The first kappa shape index (κ1) is 10.6. The highest BCUT2D eigenvalue weighted by molar-refractivity contribution is 5.48. The maximum Gasteiger partial charge on any atom is 0.106 e. The minimum absolute atomic E-state index is 1.07. The number of nitrogens with zero attached hydrogens (tertiary/aromatic N) is 1. The summed E-state index contributed by atoms with van der Waals surface area (Å²) in [5.74, 6) is 0. The third kappa shape index (κ3) is 3.66. The van der Waals surface area contributed by atoms with Crippen molar-refractivity contribution in [2.45, 2.75) is 13.8 Å². The molecule has 0 unspecified atom stereocenters. The van der Waals surface area contributed by atoms with Crippen LogP contribution in [0.25, 0.3) is 6.08 Å². The van der Waals surface area contributed by atoms with Crippen LogP contribution < -0.4 is 0 Å². The van der Waals surface area contributed by atoms with E-state index in [0.29, 0.717) is 0 Å². The van der Waals surface area contributed by atoms with E-state index < -0.39 is 0 Å². The molecule has 0 N–H and O–H groups in total. The maximum absolute atomic E-state index is 8.00. The van der Waals surface area contributed by atoms with Crippen LogP contribution in [0.3, 0.4) is 0 Å². The predicted octanol–water partition coefficient (Wildman–Crippen LogP) is 2.24. The fraction of sp³-hybridized carbons (Fsp3) is 0.200. The first-order valence-corrected chi connectivity index (χ1v) is 3.67. The maximum atomic E-state index is 8.00. The Hall–Kier alpha value is -1.44. The van der Waals surface area contributed by atoms with Gasteiger partial charge in [-0.05, 0) is 31.5 Å². The summed E-state index contributed by atoms with van der Waals surface area (Å²) in [6.45, 7) is 6.00. The van der Waals surface area contributed by atoms with Crippen LogP contribution in [-0.2, 0) is 4.79 Å². The largest absolute Gasteiger partial charge is 0.307 e. The van der Waals surface area contributed by atoms with E-state index in [0.717, 1.165) is 5.69 Å². The van der Waals surface area contributed by atoms with Gasteiger partial charge in [0.15, 0.2) is 0 Å². The quantitative estimate of drug-likeness (QED) is 0.635. The first-order chi connectivity index (χ1) is 5.83. The monoisotopic (exact) mass is 163 g/mol. The molecule has 1 aromatic rings. The third-order valence-corrected chi connectivity index (χ3v) is 1.28. The Kier molecular flexibility index (Phi) is 5.53. The topological polar surface area (TPSA) is 30.0 Å². The summed E-state index contributed by atoms with van der Waals surface area (Å²) in [7, 11) is 0. The molecule has 2 heteroatoms. The molecule has 1 heterocycles. The molecule has 0 atom stereocenters. The molecule has 0 saturated carbocycles. The summed E-state index contributed by atoms with van der Waals surface area (Å²) >= 11 is 0. The minimum atomic E-state index is 1.07. The van der Waals surface area contributed by atoms with Gasteiger partial charge in [0, 0.05) is 11.9 Å². The third-order valence-electron chi connectivity index (χ3n) is 1.28. The van der Waals surface area contributed by atoms with Gasteiger partial charge in [-0.25, -0.2) is 0 Å². The van der Waals surface area contributed by atoms with Crippen molar-refractivity contribution in [1.29, 1.82) is 0 Å². The van der Waals surface area contributed by atoms with E-state index in [1.807, 2.05) is 39.0 Å². The normalized spacial score (nSPS) is 9.17. The Bertz CT molecular complexity index is 256. The van der Waals surface area contributed by atoms with Crippen molar-refractivity contribution in [1.82, 2.24) is 4.98 Å². The van der Waals surface area contributed by atoms with E-state index in [4.69, 9.17) is 4.79 Å². The lowest BCUT2D eigenvalue weighted by Gasteiger charge is -1.92. The van der Waals surface area contributed by atoms with Gasteiger partial charge in [-0.15, -0.1) is 0 Å². The Morgan fingerprint density at radius 1 is 1.50 bits per heavy atom. The Labute approximate surface area is 73.0 Å². The first-order valence-electron chi connectivity index (χ1n) is 3.67. The van der Waals surface area contributed by atoms with Crippen molar-refractivity contribution < 1.29 is 4.79 Å². The van der Waals surface area contributed by atoms with Gasteiger partial charge in [0.25, 0.3) is 0 Å². The fourth-order valence-corrected chi connectivity index (χ4v) is 0.864. The molecule has 0 bridgehead atoms. The molecule has 1 rings (SSSR count). The van der Waals surface area contributed by atoms with Crippen molar-refractivity contribution in [3.05, 3.63) is 35.7 Å². The number of carbonyl (C=O) groups excluding carboxylic acids is 1. The smallest absolute Gasteiger partial charge is 0.106 e. The highest BCUT2D eigenvalue weighted by atomic mass is 16.1. The van der Waals surface area contributed by atoms with Crippen molar-refractivity contribution in [3.8, 4) is 0 Å². The number of allylic oxidation sites excluding steroid dienone is 1. The van der Waals surface area contributed by atoms with Crippen LogP contribution in [0.4, 0.5) is 0 Å². The molecule has 0 amide bonds. The summed E-state index contributed by atoms with van der Waals surface area (Å²) in [5.41, 5.74) is 2.28. The second kappa shape index (κ2) is 6.28. The lowest BCUT2D eigenvalue weighted by molar-refractivity contribution is -0.0979. The molecule has 64 valence electrons. The van der Waals surface area contributed by atoms with Gasteiger partial charge in [-0.3, -0.25) is 4.98 Å². The SMILES string of the molecule is C/C=C/c1ccnc(C)c1.C=O. The molecule has 1 aromatic heterocycles. The Balaban J connectivity index is 0.000000561. The second-order valence-corrected chi connectivity index (χ2v) is 2.23. The van der Waals surface area contributed by atoms with E-state index >= 15 is 0 Å². The molecule has 0 aliphatic heterocycles. The van der Waals surface area contributed by atoms with Gasteiger partial charge in [0.2, 0.25) is 0 Å². The number of pyridine rings is 1. The Morgan fingerprint density at radius 3 is 2.67 bits per heavy atom. The lowest BCUT2D eigenvalue weighted by Crippen LogP contribution is -1.79. The van der Waals surface area contributed by atoms with Crippen LogP contribution in [0.2, 0.25) is 0 Å². The van der Waals surface area contributed by atoms with Crippen LogP contribution in [0, 0.1) is 6.92 Å². The average molecular weight is 163 g/mol. The van der Waals surface area contributed by atoms with Gasteiger partial charge >= 0.3 is 0 Å². The molecule has 0 fully saturated rings. The lowest BCUT2D eigenvalue weighted by atomic mass is 10.2. The van der Waals surface area contributed by atoms with Gasteiger partial charge in [0.05, 0.1) is 0 Å². The summed E-state index contributed by atoms with van der Waals surface area (Å²) in [6.07, 6.45) is 5.91. The molecule has 12 heavy (non-hydrogen) atoms. The summed E-state index contributed by atoms with van der Waals surface area (Å²) < 4.78 is 0. The summed E-state index contributed by atoms with van der Waals surface area (Å²) in [6, 6.07) is 4.05. The van der Waals surface area contributed by atoms with Gasteiger partial charge in [-0.2, -0.15) is 0 Å². The Morgan fingerprint density at radius 2 is 2.17 bits per heavy atom. The molecule has 0 radical (unpaired) electrons. The molecule has 2 nitrogen and oxygen atoms in total. The van der Waals surface area contributed by atoms with Gasteiger partial charge in [0.1, 0.15) is 6.79 Å². The van der Waals surface area contributed by atoms with Gasteiger partial charge in [-0.1, -0.05) is 12.2 Å². The van der Waals surface area contributed by atoms with Crippen LogP contribution in [0.5, 0.6) is 0 Å². The van der Waals surface area contributed by atoms with Crippen LogP contribution in [-0.4, -0.2) is 11.8 Å². The summed E-state index contributed by atoms with van der Waals surface area (Å²) in [5, 5.41) is 0. The molecular formula is C10H13NO. The molecule has 0 spiro atoms. The number of carbonyl (C=O) groups is 1. The number of aryl methyl sites for hydroxylation is 1. The van der Waals surface area contributed by atoms with E-state index in [2.05, 4.69) is 17.1 Å². The zero-order chi connectivity index (χ0) is 9.40. The second-order valence-electron chi connectivity index (χ2n) is 2.23. The van der Waals surface area contributed by atoms with Crippen molar-refractivity contribution >= 4 is 12.9 Å².